The van der Waals surface area contributed by atoms with Gasteiger partial charge in [-0.3, -0.25) is 0 Å². The molecule has 2 heteroatoms. The van der Waals surface area contributed by atoms with E-state index in [0.29, 0.717) is 12.1 Å². The maximum atomic E-state index is 13.8. The van der Waals surface area contributed by atoms with E-state index in [-0.39, 0.29) is 5.82 Å². The van der Waals surface area contributed by atoms with Crippen LogP contribution in [0.25, 0.3) is 11.1 Å². The third-order valence-electron chi connectivity index (χ3n) is 3.04. The Kier molecular flexibility index (Phi) is 4.48. The summed E-state index contributed by atoms with van der Waals surface area (Å²) in [4.78, 5) is 0. The Morgan fingerprint density at radius 1 is 0.944 bits per heavy atom. The van der Waals surface area contributed by atoms with Crippen LogP contribution in [-0.2, 0) is 6.42 Å². The van der Waals surface area contributed by atoms with Gasteiger partial charge >= 0.3 is 0 Å². The van der Waals surface area contributed by atoms with Crippen LogP contribution in [0, 0.1) is 5.82 Å². The summed E-state index contributed by atoms with van der Waals surface area (Å²) in [5.41, 5.74) is 8.26. The lowest BCUT2D eigenvalue weighted by molar-refractivity contribution is 0.630. The molecule has 1 nitrogen and oxygen atoms in total. The van der Waals surface area contributed by atoms with E-state index in [1.165, 1.54) is 5.56 Å². The van der Waals surface area contributed by atoms with Crippen molar-refractivity contribution in [1.82, 2.24) is 0 Å². The molecule has 0 aliphatic heterocycles. The zero-order valence-electron chi connectivity index (χ0n) is 10.4. The molecule has 0 atom stereocenters. The molecule has 0 bridgehead atoms. The van der Waals surface area contributed by atoms with Crippen molar-refractivity contribution in [3.8, 4) is 11.1 Å². The molecule has 0 saturated heterocycles. The molecule has 94 valence electrons. The zero-order valence-corrected chi connectivity index (χ0v) is 10.4. The van der Waals surface area contributed by atoms with Crippen molar-refractivity contribution in [2.75, 3.05) is 6.54 Å². The third-order valence-corrected chi connectivity index (χ3v) is 3.04. The summed E-state index contributed by atoms with van der Waals surface area (Å²) in [6.07, 6.45) is 3.02. The van der Waals surface area contributed by atoms with Crippen LogP contribution in [-0.4, -0.2) is 6.54 Å². The molecule has 0 aliphatic rings. The number of hydrogen-bond donors (Lipinski definition) is 1. The number of aryl methyl sites for hydroxylation is 1. The van der Waals surface area contributed by atoms with Crippen molar-refractivity contribution in [3.05, 3.63) is 59.9 Å². The standard InChI is InChI=1S/C16H18FN/c17-16-10-9-13(6-4-5-11-18)12-15(16)14-7-2-1-3-8-14/h1-3,7-10,12H,4-6,11,18H2. The quantitative estimate of drug-likeness (QED) is 0.795. The Labute approximate surface area is 107 Å². The first-order chi connectivity index (χ1) is 8.81. The third kappa shape index (κ3) is 3.17. The van der Waals surface area contributed by atoms with Crippen LogP contribution in [0.2, 0.25) is 0 Å². The average molecular weight is 243 g/mol. The first-order valence-electron chi connectivity index (χ1n) is 6.35. The Morgan fingerprint density at radius 2 is 1.72 bits per heavy atom. The van der Waals surface area contributed by atoms with Crippen molar-refractivity contribution >= 4 is 0 Å². The average Bonchev–Trinajstić information content (AvgIpc) is 2.42. The van der Waals surface area contributed by atoms with E-state index >= 15 is 0 Å². The van der Waals surface area contributed by atoms with Gasteiger partial charge in [-0.15, -0.1) is 0 Å². The van der Waals surface area contributed by atoms with E-state index in [9.17, 15) is 4.39 Å². The Hall–Kier alpha value is -1.67. The Morgan fingerprint density at radius 3 is 2.44 bits per heavy atom. The molecule has 0 heterocycles. The lowest BCUT2D eigenvalue weighted by Crippen LogP contribution is -1.99. The largest absolute Gasteiger partial charge is 0.330 e. The van der Waals surface area contributed by atoms with E-state index in [1.54, 1.807) is 6.07 Å². The van der Waals surface area contributed by atoms with Crippen LogP contribution >= 0.6 is 0 Å². The number of halogens is 1. The van der Waals surface area contributed by atoms with Gasteiger partial charge < -0.3 is 5.73 Å². The second-order valence-corrected chi connectivity index (χ2v) is 4.43. The monoisotopic (exact) mass is 243 g/mol. The van der Waals surface area contributed by atoms with Crippen LogP contribution in [0.3, 0.4) is 0 Å². The first-order valence-corrected chi connectivity index (χ1v) is 6.35. The van der Waals surface area contributed by atoms with Crippen LogP contribution in [0.1, 0.15) is 18.4 Å². The number of rotatable bonds is 5. The smallest absolute Gasteiger partial charge is 0.131 e. The molecule has 0 aromatic heterocycles. The van der Waals surface area contributed by atoms with Crippen LogP contribution in [0.4, 0.5) is 4.39 Å². The fourth-order valence-corrected chi connectivity index (χ4v) is 2.04. The molecule has 0 saturated carbocycles. The minimum atomic E-state index is -0.163. The van der Waals surface area contributed by atoms with Gasteiger partial charge in [-0.05, 0) is 49.1 Å². The van der Waals surface area contributed by atoms with Crippen molar-refractivity contribution in [2.24, 2.45) is 5.73 Å². The highest BCUT2D eigenvalue weighted by molar-refractivity contribution is 5.64. The van der Waals surface area contributed by atoms with Gasteiger partial charge in [0.05, 0.1) is 0 Å². The van der Waals surface area contributed by atoms with Gasteiger partial charge in [-0.2, -0.15) is 0 Å². The van der Waals surface area contributed by atoms with Crippen molar-refractivity contribution < 1.29 is 4.39 Å². The highest BCUT2D eigenvalue weighted by Crippen LogP contribution is 2.24. The molecule has 2 N–H and O–H groups in total. The summed E-state index contributed by atoms with van der Waals surface area (Å²) in [5, 5.41) is 0. The van der Waals surface area contributed by atoms with E-state index in [1.807, 2.05) is 42.5 Å². The highest BCUT2D eigenvalue weighted by atomic mass is 19.1. The molecule has 18 heavy (non-hydrogen) atoms. The summed E-state index contributed by atoms with van der Waals surface area (Å²) in [7, 11) is 0. The number of benzene rings is 2. The lowest BCUT2D eigenvalue weighted by atomic mass is 10.00. The summed E-state index contributed by atoms with van der Waals surface area (Å²) in [6, 6.07) is 15.0. The van der Waals surface area contributed by atoms with Gasteiger partial charge in [0.25, 0.3) is 0 Å². The van der Waals surface area contributed by atoms with Crippen LogP contribution in [0.15, 0.2) is 48.5 Å². The minimum Gasteiger partial charge on any atom is -0.330 e. The lowest BCUT2D eigenvalue weighted by Gasteiger charge is -2.07. The Balaban J connectivity index is 2.22. The first kappa shape index (κ1) is 12.8. The van der Waals surface area contributed by atoms with Gasteiger partial charge in [0.1, 0.15) is 5.82 Å². The second kappa shape index (κ2) is 6.31. The predicted molar refractivity (Wildman–Crippen MR) is 73.8 cm³/mol. The van der Waals surface area contributed by atoms with Crippen molar-refractivity contribution in [3.63, 3.8) is 0 Å². The SMILES string of the molecule is NCCCCc1ccc(F)c(-c2ccccc2)c1. The van der Waals surface area contributed by atoms with Crippen molar-refractivity contribution in [2.45, 2.75) is 19.3 Å². The van der Waals surface area contributed by atoms with E-state index < -0.39 is 0 Å². The van der Waals surface area contributed by atoms with E-state index in [4.69, 9.17) is 5.73 Å². The summed E-state index contributed by atoms with van der Waals surface area (Å²) >= 11 is 0. The molecular weight excluding hydrogens is 225 g/mol. The fraction of sp³-hybridized carbons (Fsp3) is 0.250. The molecule has 2 aromatic rings. The van der Waals surface area contributed by atoms with Crippen molar-refractivity contribution in [1.29, 1.82) is 0 Å². The molecule has 0 fully saturated rings. The molecular formula is C16H18FN. The molecule has 0 amide bonds. The van der Waals surface area contributed by atoms with E-state index in [0.717, 1.165) is 24.8 Å². The fourth-order valence-electron chi connectivity index (χ4n) is 2.04. The maximum absolute atomic E-state index is 13.8. The van der Waals surface area contributed by atoms with Crippen LogP contribution in [0.5, 0.6) is 0 Å². The normalized spacial score (nSPS) is 10.6. The highest BCUT2D eigenvalue weighted by Gasteiger charge is 2.05. The number of nitrogens with two attached hydrogens (primary N) is 1. The number of unbranched alkanes of at least 4 members (excludes halogenated alkanes) is 1. The molecule has 0 aliphatic carbocycles. The van der Waals surface area contributed by atoms with Gasteiger partial charge in [0.15, 0.2) is 0 Å². The molecule has 2 aromatic carbocycles. The number of hydrogen-bond acceptors (Lipinski definition) is 1. The summed E-state index contributed by atoms with van der Waals surface area (Å²) in [5.74, 6) is -0.163. The second-order valence-electron chi connectivity index (χ2n) is 4.43. The molecule has 0 radical (unpaired) electrons. The zero-order chi connectivity index (χ0) is 12.8. The molecule has 0 unspecified atom stereocenters. The topological polar surface area (TPSA) is 26.0 Å². The summed E-state index contributed by atoms with van der Waals surface area (Å²) in [6.45, 7) is 0.715. The summed E-state index contributed by atoms with van der Waals surface area (Å²) < 4.78 is 13.8. The van der Waals surface area contributed by atoms with Gasteiger partial charge in [-0.25, -0.2) is 4.39 Å². The van der Waals surface area contributed by atoms with E-state index in [2.05, 4.69) is 0 Å². The van der Waals surface area contributed by atoms with Gasteiger partial charge in [0.2, 0.25) is 0 Å². The van der Waals surface area contributed by atoms with Crippen LogP contribution < -0.4 is 5.73 Å². The predicted octanol–water partition coefficient (Wildman–Crippen LogP) is 3.77. The Bertz CT molecular complexity index is 494. The van der Waals surface area contributed by atoms with Gasteiger partial charge in [-0.1, -0.05) is 36.4 Å². The minimum absolute atomic E-state index is 0.163. The maximum Gasteiger partial charge on any atom is 0.131 e. The molecule has 0 spiro atoms. The molecule has 2 rings (SSSR count). The van der Waals surface area contributed by atoms with Gasteiger partial charge in [0, 0.05) is 5.56 Å².